The number of nitrogens with zero attached hydrogens (tertiary/aromatic N) is 4. The minimum absolute atomic E-state index is 0.104. The van der Waals surface area contributed by atoms with E-state index in [4.69, 9.17) is 0 Å². The SMILES string of the molecule is CCN(CC)c1ccc(-c2c(C=C(C#N)C#N)c3ccccc3n2C)cc1. The quantitative estimate of drug-likeness (QED) is 0.597. The monoisotopic (exact) mass is 354 g/mol. The summed E-state index contributed by atoms with van der Waals surface area (Å²) in [6, 6.07) is 20.5. The summed E-state index contributed by atoms with van der Waals surface area (Å²) in [7, 11) is 2.02. The summed E-state index contributed by atoms with van der Waals surface area (Å²) >= 11 is 0. The van der Waals surface area contributed by atoms with Crippen LogP contribution < -0.4 is 4.90 Å². The zero-order valence-corrected chi connectivity index (χ0v) is 15.9. The van der Waals surface area contributed by atoms with Gasteiger partial charge in [-0.3, -0.25) is 0 Å². The molecule has 3 aromatic rings. The van der Waals surface area contributed by atoms with Crippen LogP contribution in [0.4, 0.5) is 5.69 Å². The third-order valence-electron chi connectivity index (χ3n) is 4.95. The molecule has 1 aromatic heterocycles. The Balaban J connectivity index is 2.23. The second-order valence-corrected chi connectivity index (χ2v) is 6.34. The second kappa shape index (κ2) is 7.81. The van der Waals surface area contributed by atoms with E-state index < -0.39 is 0 Å². The Labute approximate surface area is 160 Å². The molecule has 0 unspecified atom stereocenters. The van der Waals surface area contributed by atoms with E-state index in [1.54, 1.807) is 6.08 Å². The lowest BCUT2D eigenvalue weighted by Crippen LogP contribution is -2.21. The van der Waals surface area contributed by atoms with E-state index in [0.29, 0.717) is 0 Å². The largest absolute Gasteiger partial charge is 0.372 e. The summed E-state index contributed by atoms with van der Waals surface area (Å²) in [5.41, 5.74) is 5.33. The lowest BCUT2D eigenvalue weighted by Gasteiger charge is -2.21. The molecule has 27 heavy (non-hydrogen) atoms. The van der Waals surface area contributed by atoms with Crippen LogP contribution in [0.25, 0.3) is 28.2 Å². The van der Waals surface area contributed by atoms with E-state index in [1.807, 2.05) is 37.4 Å². The van der Waals surface area contributed by atoms with Gasteiger partial charge in [-0.15, -0.1) is 0 Å². The molecule has 0 aliphatic heterocycles. The predicted octanol–water partition coefficient (Wildman–Crippen LogP) is 5.12. The Kier molecular flexibility index (Phi) is 5.29. The fraction of sp³-hybridized carbons (Fsp3) is 0.217. The van der Waals surface area contributed by atoms with Crippen molar-refractivity contribution >= 4 is 22.7 Å². The molecule has 2 aromatic carbocycles. The van der Waals surface area contributed by atoms with Crippen LogP contribution in [0.2, 0.25) is 0 Å². The molecule has 3 rings (SSSR count). The van der Waals surface area contributed by atoms with Crippen LogP contribution in [0.1, 0.15) is 19.4 Å². The Bertz CT molecular complexity index is 1050. The van der Waals surface area contributed by atoms with Crippen molar-refractivity contribution in [3.05, 3.63) is 59.7 Å². The highest BCUT2D eigenvalue weighted by Gasteiger charge is 2.16. The summed E-state index contributed by atoms with van der Waals surface area (Å²) in [4.78, 5) is 2.30. The van der Waals surface area contributed by atoms with Crippen molar-refractivity contribution in [3.8, 4) is 23.4 Å². The van der Waals surface area contributed by atoms with E-state index >= 15 is 0 Å². The lowest BCUT2D eigenvalue weighted by atomic mass is 10.0. The number of aromatic nitrogens is 1. The molecule has 1 heterocycles. The van der Waals surface area contributed by atoms with E-state index in [-0.39, 0.29) is 5.57 Å². The fourth-order valence-electron chi connectivity index (χ4n) is 3.57. The summed E-state index contributed by atoms with van der Waals surface area (Å²) in [5, 5.41) is 19.5. The number of aryl methyl sites for hydroxylation is 1. The molecule has 0 aliphatic carbocycles. The molecule has 0 spiro atoms. The van der Waals surface area contributed by atoms with Gasteiger partial charge in [0, 0.05) is 42.3 Å². The van der Waals surface area contributed by atoms with Crippen molar-refractivity contribution in [2.24, 2.45) is 7.05 Å². The van der Waals surface area contributed by atoms with Crippen molar-refractivity contribution in [1.29, 1.82) is 10.5 Å². The number of benzene rings is 2. The van der Waals surface area contributed by atoms with Gasteiger partial charge in [-0.25, -0.2) is 0 Å². The highest BCUT2D eigenvalue weighted by atomic mass is 15.1. The van der Waals surface area contributed by atoms with Gasteiger partial charge in [-0.05, 0) is 43.7 Å². The number of allylic oxidation sites excluding steroid dienone is 1. The first-order valence-corrected chi connectivity index (χ1v) is 9.09. The van der Waals surface area contributed by atoms with E-state index in [1.165, 1.54) is 5.69 Å². The summed E-state index contributed by atoms with van der Waals surface area (Å²) < 4.78 is 2.12. The van der Waals surface area contributed by atoms with E-state index in [2.05, 4.69) is 53.6 Å². The zero-order valence-electron chi connectivity index (χ0n) is 15.9. The Morgan fingerprint density at radius 2 is 1.63 bits per heavy atom. The number of hydrogen-bond donors (Lipinski definition) is 0. The van der Waals surface area contributed by atoms with Crippen LogP contribution in [-0.2, 0) is 7.05 Å². The summed E-state index contributed by atoms with van der Waals surface area (Å²) in [6.07, 6.45) is 1.69. The molecule has 134 valence electrons. The molecule has 0 saturated heterocycles. The minimum atomic E-state index is 0.104. The molecule has 0 aliphatic rings. The summed E-state index contributed by atoms with van der Waals surface area (Å²) in [5.74, 6) is 0. The maximum Gasteiger partial charge on any atom is 0.130 e. The van der Waals surface area contributed by atoms with Crippen LogP contribution in [0.15, 0.2) is 54.1 Å². The third kappa shape index (κ3) is 3.30. The predicted molar refractivity (Wildman–Crippen MR) is 111 cm³/mol. The fourth-order valence-corrected chi connectivity index (χ4v) is 3.57. The number of anilines is 1. The van der Waals surface area contributed by atoms with Gasteiger partial charge in [0.25, 0.3) is 0 Å². The van der Waals surface area contributed by atoms with E-state index in [0.717, 1.165) is 40.8 Å². The van der Waals surface area contributed by atoms with Crippen LogP contribution >= 0.6 is 0 Å². The molecule has 0 bridgehead atoms. The van der Waals surface area contributed by atoms with Crippen LogP contribution in [-0.4, -0.2) is 17.7 Å². The minimum Gasteiger partial charge on any atom is -0.372 e. The van der Waals surface area contributed by atoms with E-state index in [9.17, 15) is 10.5 Å². The Morgan fingerprint density at radius 3 is 2.22 bits per heavy atom. The third-order valence-corrected chi connectivity index (χ3v) is 4.95. The molecular formula is C23H22N4. The highest BCUT2D eigenvalue weighted by Crippen LogP contribution is 2.35. The van der Waals surface area contributed by atoms with Crippen molar-refractivity contribution < 1.29 is 0 Å². The van der Waals surface area contributed by atoms with Gasteiger partial charge in [0.15, 0.2) is 0 Å². The number of hydrogen-bond acceptors (Lipinski definition) is 3. The van der Waals surface area contributed by atoms with Gasteiger partial charge in [0.2, 0.25) is 0 Å². The van der Waals surface area contributed by atoms with Crippen molar-refractivity contribution in [3.63, 3.8) is 0 Å². The number of fused-ring (bicyclic) bond motifs is 1. The standard InChI is InChI=1S/C23H22N4/c1-4-27(5-2)19-12-10-18(11-13-19)23-21(14-17(15-24)16-25)20-8-6-7-9-22(20)26(23)3/h6-14H,4-5H2,1-3H3. The van der Waals surface area contributed by atoms with Crippen molar-refractivity contribution in [2.45, 2.75) is 13.8 Å². The second-order valence-electron chi connectivity index (χ2n) is 6.34. The molecule has 0 saturated carbocycles. The molecular weight excluding hydrogens is 332 g/mol. The molecule has 0 radical (unpaired) electrons. The highest BCUT2D eigenvalue weighted by molar-refractivity contribution is 5.98. The van der Waals surface area contributed by atoms with Crippen LogP contribution in [0, 0.1) is 22.7 Å². The first-order valence-electron chi connectivity index (χ1n) is 9.09. The van der Waals surface area contributed by atoms with Gasteiger partial charge in [-0.1, -0.05) is 30.3 Å². The number of nitriles is 2. The molecule has 0 fully saturated rings. The van der Waals surface area contributed by atoms with Gasteiger partial charge in [0.05, 0.1) is 5.69 Å². The summed E-state index contributed by atoms with van der Waals surface area (Å²) in [6.45, 7) is 6.22. The lowest BCUT2D eigenvalue weighted by molar-refractivity contribution is 0.866. The smallest absolute Gasteiger partial charge is 0.130 e. The first kappa shape index (κ1) is 18.3. The van der Waals surface area contributed by atoms with Crippen LogP contribution in [0.3, 0.4) is 0 Å². The van der Waals surface area contributed by atoms with Crippen molar-refractivity contribution in [2.75, 3.05) is 18.0 Å². The van der Waals surface area contributed by atoms with Crippen LogP contribution in [0.5, 0.6) is 0 Å². The zero-order chi connectivity index (χ0) is 19.4. The van der Waals surface area contributed by atoms with Gasteiger partial charge in [0.1, 0.15) is 17.7 Å². The Morgan fingerprint density at radius 1 is 1.00 bits per heavy atom. The maximum atomic E-state index is 9.23. The first-order chi connectivity index (χ1) is 13.1. The van der Waals surface area contributed by atoms with Gasteiger partial charge in [-0.2, -0.15) is 10.5 Å². The van der Waals surface area contributed by atoms with Crippen molar-refractivity contribution in [1.82, 2.24) is 4.57 Å². The maximum absolute atomic E-state index is 9.23. The number of para-hydroxylation sites is 1. The normalized spacial score (nSPS) is 10.3. The number of rotatable bonds is 5. The van der Waals surface area contributed by atoms with Gasteiger partial charge >= 0.3 is 0 Å². The average Bonchev–Trinajstić information content (AvgIpc) is 2.99. The Hall–Kier alpha value is -3.50. The van der Waals surface area contributed by atoms with Gasteiger partial charge < -0.3 is 9.47 Å². The topological polar surface area (TPSA) is 55.8 Å². The average molecular weight is 354 g/mol. The molecule has 4 nitrogen and oxygen atoms in total. The molecule has 0 amide bonds. The molecule has 4 heteroatoms. The molecule has 0 N–H and O–H groups in total. The molecule has 0 atom stereocenters.